The van der Waals surface area contributed by atoms with Crippen LogP contribution in [0.5, 0.6) is 0 Å². The minimum atomic E-state index is -3.08. The summed E-state index contributed by atoms with van der Waals surface area (Å²) >= 11 is 0. The minimum Gasteiger partial charge on any atom is -0.390 e. The zero-order chi connectivity index (χ0) is 16.4. The van der Waals surface area contributed by atoms with Gasteiger partial charge < -0.3 is 5.11 Å². The fourth-order valence-electron chi connectivity index (χ4n) is 3.80. The molecule has 0 bridgehead atoms. The van der Waals surface area contributed by atoms with Crippen LogP contribution in [0.25, 0.3) is 0 Å². The van der Waals surface area contributed by atoms with Crippen LogP contribution >= 0.6 is 0 Å². The van der Waals surface area contributed by atoms with E-state index in [4.69, 9.17) is 0 Å². The van der Waals surface area contributed by atoms with Crippen LogP contribution in [0.1, 0.15) is 18.4 Å². The summed E-state index contributed by atoms with van der Waals surface area (Å²) in [5.74, 6) is 0.00373. The van der Waals surface area contributed by atoms with Gasteiger partial charge in [-0.05, 0) is 38.5 Å². The Hall–Kier alpha value is -0.950. The first-order valence-corrected chi connectivity index (χ1v) is 10.1. The van der Waals surface area contributed by atoms with Crippen molar-refractivity contribution in [1.29, 1.82) is 0 Å². The van der Waals surface area contributed by atoms with Gasteiger partial charge in [-0.25, -0.2) is 8.42 Å². The lowest BCUT2D eigenvalue weighted by atomic mass is 10.0. The third kappa shape index (κ3) is 4.12. The fourth-order valence-corrected chi connectivity index (χ4v) is 5.65. The van der Waals surface area contributed by atoms with E-state index in [1.54, 1.807) is 0 Å². The Morgan fingerprint density at radius 3 is 2.39 bits per heavy atom. The molecule has 23 heavy (non-hydrogen) atoms. The molecule has 6 heteroatoms. The Morgan fingerprint density at radius 1 is 1.17 bits per heavy atom. The van der Waals surface area contributed by atoms with Crippen LogP contribution in [0.4, 0.5) is 0 Å². The first-order valence-electron chi connectivity index (χ1n) is 8.31. The summed E-state index contributed by atoms with van der Waals surface area (Å²) in [6.07, 6.45) is 1.30. The topological polar surface area (TPSA) is 60.9 Å². The third-order valence-electron chi connectivity index (χ3n) is 5.20. The summed E-state index contributed by atoms with van der Waals surface area (Å²) in [6, 6.07) is 10.6. The van der Waals surface area contributed by atoms with E-state index in [1.165, 1.54) is 5.56 Å². The zero-order valence-electron chi connectivity index (χ0n) is 13.6. The summed E-state index contributed by atoms with van der Waals surface area (Å²) in [6.45, 7) is 3.00. The number of aliphatic hydroxyl groups is 1. The molecule has 1 aromatic carbocycles. The molecule has 0 aliphatic carbocycles. The highest BCUT2D eigenvalue weighted by molar-refractivity contribution is 7.91. The van der Waals surface area contributed by atoms with E-state index >= 15 is 0 Å². The molecule has 1 N–H and O–H groups in total. The molecular formula is C17H26N2O3S. The van der Waals surface area contributed by atoms with Crippen LogP contribution in [-0.4, -0.2) is 73.2 Å². The van der Waals surface area contributed by atoms with Gasteiger partial charge in [0.15, 0.2) is 9.84 Å². The van der Waals surface area contributed by atoms with E-state index < -0.39 is 15.9 Å². The molecule has 2 aliphatic rings. The molecule has 2 heterocycles. The van der Waals surface area contributed by atoms with Gasteiger partial charge in [-0.15, -0.1) is 0 Å². The molecule has 2 fully saturated rings. The lowest BCUT2D eigenvalue weighted by Gasteiger charge is -2.39. The van der Waals surface area contributed by atoms with Crippen molar-refractivity contribution in [2.24, 2.45) is 0 Å². The maximum Gasteiger partial charge on any atom is 0.154 e. The molecule has 3 rings (SSSR count). The van der Waals surface area contributed by atoms with Gasteiger partial charge in [0.2, 0.25) is 0 Å². The quantitative estimate of drug-likeness (QED) is 0.877. The summed E-state index contributed by atoms with van der Waals surface area (Å²) in [7, 11) is -1.12. The van der Waals surface area contributed by atoms with Crippen LogP contribution in [0.2, 0.25) is 0 Å². The van der Waals surface area contributed by atoms with Gasteiger partial charge in [0, 0.05) is 12.6 Å². The van der Waals surface area contributed by atoms with E-state index in [0.717, 1.165) is 32.5 Å². The SMILES string of the molecule is CN(C1CCN(Cc2ccccc2)CC1)[C@@H]1CS(=O)(=O)C[C@H]1O. The van der Waals surface area contributed by atoms with E-state index in [1.807, 2.05) is 13.1 Å². The van der Waals surface area contributed by atoms with Gasteiger partial charge in [0.05, 0.1) is 23.7 Å². The van der Waals surface area contributed by atoms with Gasteiger partial charge in [-0.2, -0.15) is 0 Å². The Labute approximate surface area is 138 Å². The third-order valence-corrected chi connectivity index (χ3v) is 6.90. The van der Waals surface area contributed by atoms with E-state index in [0.29, 0.717) is 6.04 Å². The molecule has 0 unspecified atom stereocenters. The summed E-state index contributed by atoms with van der Waals surface area (Å²) < 4.78 is 23.4. The number of aliphatic hydroxyl groups excluding tert-OH is 1. The normalized spacial score (nSPS) is 29.2. The fraction of sp³-hybridized carbons (Fsp3) is 0.647. The summed E-state index contributed by atoms with van der Waals surface area (Å²) in [4.78, 5) is 4.55. The van der Waals surface area contributed by atoms with Crippen LogP contribution in [-0.2, 0) is 16.4 Å². The second kappa shape index (κ2) is 6.89. The minimum absolute atomic E-state index is 0.0884. The van der Waals surface area contributed by atoms with Gasteiger partial charge in [0.25, 0.3) is 0 Å². The highest BCUT2D eigenvalue weighted by Crippen LogP contribution is 2.24. The maximum absolute atomic E-state index is 11.7. The number of sulfone groups is 1. The molecule has 2 saturated heterocycles. The van der Waals surface area contributed by atoms with Gasteiger partial charge in [-0.1, -0.05) is 30.3 Å². The Kier molecular flexibility index (Phi) is 5.06. The molecule has 0 amide bonds. The molecule has 0 radical (unpaired) electrons. The van der Waals surface area contributed by atoms with Crippen molar-refractivity contribution in [3.63, 3.8) is 0 Å². The van der Waals surface area contributed by atoms with E-state index in [-0.39, 0.29) is 17.5 Å². The molecule has 0 aromatic heterocycles. The Balaban J connectivity index is 1.52. The van der Waals surface area contributed by atoms with Crippen molar-refractivity contribution in [3.8, 4) is 0 Å². The summed E-state index contributed by atoms with van der Waals surface area (Å²) in [5, 5.41) is 10.0. The molecule has 128 valence electrons. The standard InChI is InChI=1S/C17H26N2O3S/c1-18(16-12-23(21,22)13-17(16)20)15-7-9-19(10-8-15)11-14-5-3-2-4-6-14/h2-6,15-17,20H,7-13H2,1H3/t16-,17-/m1/s1. The number of nitrogens with zero attached hydrogens (tertiary/aromatic N) is 2. The first kappa shape index (κ1) is 16.9. The summed E-state index contributed by atoms with van der Waals surface area (Å²) in [5.41, 5.74) is 1.33. The molecular weight excluding hydrogens is 312 g/mol. The van der Waals surface area contributed by atoms with Crippen molar-refractivity contribution in [3.05, 3.63) is 35.9 Å². The van der Waals surface area contributed by atoms with E-state index in [9.17, 15) is 13.5 Å². The number of hydrogen-bond donors (Lipinski definition) is 1. The first-order chi connectivity index (χ1) is 10.9. The lowest BCUT2D eigenvalue weighted by molar-refractivity contribution is 0.0449. The average molecular weight is 338 g/mol. The van der Waals surface area contributed by atoms with Crippen molar-refractivity contribution in [1.82, 2.24) is 9.80 Å². The van der Waals surface area contributed by atoms with Crippen molar-refractivity contribution >= 4 is 9.84 Å². The highest BCUT2D eigenvalue weighted by atomic mass is 32.2. The smallest absolute Gasteiger partial charge is 0.154 e. The zero-order valence-corrected chi connectivity index (χ0v) is 14.5. The number of likely N-dealkylation sites (tertiary alicyclic amines) is 1. The maximum atomic E-state index is 11.7. The lowest BCUT2D eigenvalue weighted by Crippen LogP contribution is -2.50. The number of hydrogen-bond acceptors (Lipinski definition) is 5. The Morgan fingerprint density at radius 2 is 1.83 bits per heavy atom. The van der Waals surface area contributed by atoms with Crippen LogP contribution in [0.3, 0.4) is 0 Å². The second-order valence-electron chi connectivity index (χ2n) is 6.87. The monoisotopic (exact) mass is 338 g/mol. The predicted octanol–water partition coefficient (Wildman–Crippen LogP) is 0.741. The molecule has 1 aromatic rings. The van der Waals surface area contributed by atoms with Gasteiger partial charge in [0.1, 0.15) is 0 Å². The molecule has 2 atom stereocenters. The number of likely N-dealkylation sites (N-methyl/N-ethyl adjacent to an activating group) is 1. The average Bonchev–Trinajstić information content (AvgIpc) is 2.81. The highest BCUT2D eigenvalue weighted by Gasteiger charge is 2.41. The number of rotatable bonds is 4. The molecule has 5 nitrogen and oxygen atoms in total. The molecule has 0 saturated carbocycles. The van der Waals surface area contributed by atoms with Crippen molar-refractivity contribution in [2.75, 3.05) is 31.6 Å². The number of piperidine rings is 1. The van der Waals surface area contributed by atoms with Crippen molar-refractivity contribution in [2.45, 2.75) is 37.6 Å². The molecule has 0 spiro atoms. The van der Waals surface area contributed by atoms with Crippen LogP contribution in [0, 0.1) is 0 Å². The van der Waals surface area contributed by atoms with Crippen molar-refractivity contribution < 1.29 is 13.5 Å². The largest absolute Gasteiger partial charge is 0.390 e. The van der Waals surface area contributed by atoms with E-state index in [2.05, 4.69) is 34.1 Å². The second-order valence-corrected chi connectivity index (χ2v) is 9.02. The molecule has 2 aliphatic heterocycles. The predicted molar refractivity (Wildman–Crippen MR) is 91.0 cm³/mol. The van der Waals surface area contributed by atoms with Gasteiger partial charge in [-0.3, -0.25) is 9.80 Å². The van der Waals surface area contributed by atoms with Gasteiger partial charge >= 0.3 is 0 Å². The number of benzene rings is 1. The van der Waals surface area contributed by atoms with Crippen LogP contribution in [0.15, 0.2) is 30.3 Å². The Bertz CT molecular complexity index is 612. The van der Waals surface area contributed by atoms with Crippen LogP contribution < -0.4 is 0 Å².